The maximum Gasteiger partial charge on any atom is 0.306 e. The Labute approximate surface area is 497 Å². The Morgan fingerprint density at radius 1 is 0.259 bits per heavy atom. The molecule has 450 valence electrons. The number of rotatable bonds is 55. The monoisotopic (exact) mass is 1110 g/mol. The first-order chi connectivity index (χ1) is 40.0. The van der Waals surface area contributed by atoms with E-state index in [-0.39, 0.29) is 44.0 Å². The Hall–Kier alpha value is -5.75. The van der Waals surface area contributed by atoms with Crippen LogP contribution in [0.5, 0.6) is 0 Å². The van der Waals surface area contributed by atoms with Crippen molar-refractivity contribution in [3.63, 3.8) is 0 Å². The summed E-state index contributed by atoms with van der Waals surface area (Å²) in [6.07, 6.45) is 102. The van der Waals surface area contributed by atoms with Crippen LogP contribution in [-0.4, -0.2) is 37.2 Å². The first-order valence-corrected chi connectivity index (χ1v) is 31.9. The number of ether oxygens (including phenoxy) is 3. The predicted octanol–water partition coefficient (Wildman–Crippen LogP) is 22.2. The summed E-state index contributed by atoms with van der Waals surface area (Å²) < 4.78 is 16.8. The first-order valence-electron chi connectivity index (χ1n) is 31.9. The fourth-order valence-electron chi connectivity index (χ4n) is 7.83. The Morgan fingerprint density at radius 2 is 0.481 bits per heavy atom. The fourth-order valence-corrected chi connectivity index (χ4v) is 7.83. The van der Waals surface area contributed by atoms with Gasteiger partial charge in [-0.05, 0) is 161 Å². The third-order valence-corrected chi connectivity index (χ3v) is 12.6. The zero-order valence-corrected chi connectivity index (χ0v) is 51.5. The van der Waals surface area contributed by atoms with Gasteiger partial charge in [0.2, 0.25) is 0 Å². The van der Waals surface area contributed by atoms with Crippen LogP contribution in [0.4, 0.5) is 0 Å². The molecule has 1 unspecified atom stereocenters. The first kappa shape index (κ1) is 75.2. The number of carbonyl (C=O) groups is 3. The van der Waals surface area contributed by atoms with Gasteiger partial charge in [0.05, 0.1) is 0 Å². The van der Waals surface area contributed by atoms with Crippen molar-refractivity contribution in [3.05, 3.63) is 194 Å². The second-order valence-electron chi connectivity index (χ2n) is 20.2. The van der Waals surface area contributed by atoms with Gasteiger partial charge in [-0.25, -0.2) is 0 Å². The van der Waals surface area contributed by atoms with Crippen LogP contribution in [-0.2, 0) is 28.6 Å². The molecule has 0 aromatic carbocycles. The van der Waals surface area contributed by atoms with Gasteiger partial charge in [-0.15, -0.1) is 0 Å². The van der Waals surface area contributed by atoms with Gasteiger partial charge in [-0.2, -0.15) is 0 Å². The second kappa shape index (κ2) is 66.8. The number of esters is 3. The maximum absolute atomic E-state index is 12.9. The summed E-state index contributed by atoms with van der Waals surface area (Å²) in [5, 5.41) is 0. The number of unbranched alkanes of at least 4 members (excludes halogenated alkanes) is 12. The molecule has 0 saturated heterocycles. The highest BCUT2D eigenvalue weighted by Crippen LogP contribution is 2.12. The van der Waals surface area contributed by atoms with Gasteiger partial charge in [0, 0.05) is 19.3 Å². The predicted molar refractivity (Wildman–Crippen MR) is 352 cm³/mol. The molecular weight excluding hydrogens is 997 g/mol. The molecule has 0 N–H and O–H groups in total. The van der Waals surface area contributed by atoms with Crippen LogP contribution >= 0.6 is 0 Å². The van der Waals surface area contributed by atoms with Crippen LogP contribution in [0.15, 0.2) is 194 Å². The summed E-state index contributed by atoms with van der Waals surface area (Å²) in [5.41, 5.74) is 0. The molecule has 1 atom stereocenters. The molecule has 0 aliphatic heterocycles. The van der Waals surface area contributed by atoms with Gasteiger partial charge in [-0.1, -0.05) is 254 Å². The zero-order chi connectivity index (χ0) is 58.5. The molecule has 0 heterocycles. The van der Waals surface area contributed by atoms with Crippen molar-refractivity contribution in [2.24, 2.45) is 0 Å². The molecule has 0 bridgehead atoms. The van der Waals surface area contributed by atoms with E-state index in [0.717, 1.165) is 161 Å². The molecule has 0 saturated carbocycles. The summed E-state index contributed by atoms with van der Waals surface area (Å²) >= 11 is 0. The van der Waals surface area contributed by atoms with E-state index < -0.39 is 6.10 Å². The number of hydrogen-bond donors (Lipinski definition) is 0. The minimum atomic E-state index is -0.829. The average Bonchev–Trinajstić information content (AvgIpc) is 3.47. The maximum atomic E-state index is 12.9. The van der Waals surface area contributed by atoms with Crippen LogP contribution in [0.2, 0.25) is 0 Å². The van der Waals surface area contributed by atoms with E-state index in [1.54, 1.807) is 0 Å². The van der Waals surface area contributed by atoms with E-state index in [0.29, 0.717) is 19.3 Å². The van der Waals surface area contributed by atoms with Crippen LogP contribution in [0, 0.1) is 0 Å². The van der Waals surface area contributed by atoms with Gasteiger partial charge >= 0.3 is 17.9 Å². The molecule has 0 aliphatic rings. The van der Waals surface area contributed by atoms with E-state index >= 15 is 0 Å². The minimum absolute atomic E-state index is 0.120. The SMILES string of the molecule is CC/C=C\C/C=C\C/C=C\C/C=C\C/C=C\C/C=C\C/C=C\C/C=C\C/C=C\C/C=C\CCCCC(=O)OCC(COC(=O)CCCCCCC/C=C\CCCC)OC(=O)CCCCC/C=C\C/C=C\C/C=C\C/C=C\C/C=C\CC. The van der Waals surface area contributed by atoms with Crippen molar-refractivity contribution in [1.29, 1.82) is 0 Å². The molecule has 0 aliphatic carbocycles. The van der Waals surface area contributed by atoms with Crippen molar-refractivity contribution in [1.82, 2.24) is 0 Å². The largest absolute Gasteiger partial charge is 0.462 e. The summed E-state index contributed by atoms with van der Waals surface area (Å²) in [6.45, 7) is 6.28. The van der Waals surface area contributed by atoms with Crippen molar-refractivity contribution in [2.45, 2.75) is 245 Å². The molecule has 0 radical (unpaired) electrons. The minimum Gasteiger partial charge on any atom is -0.462 e. The van der Waals surface area contributed by atoms with Gasteiger partial charge in [0.25, 0.3) is 0 Å². The normalized spacial score (nSPS) is 13.5. The average molecular weight is 1110 g/mol. The van der Waals surface area contributed by atoms with E-state index in [1.807, 2.05) is 0 Å². The molecule has 0 fully saturated rings. The molecule has 0 aromatic rings. The van der Waals surface area contributed by atoms with Gasteiger partial charge < -0.3 is 14.2 Å². The topological polar surface area (TPSA) is 78.9 Å². The highest BCUT2D eigenvalue weighted by atomic mass is 16.6. The number of carbonyl (C=O) groups excluding carboxylic acids is 3. The summed E-state index contributed by atoms with van der Waals surface area (Å²) in [6, 6.07) is 0. The summed E-state index contributed by atoms with van der Waals surface area (Å²) in [4.78, 5) is 38.2. The molecule has 0 rings (SSSR count). The summed E-state index contributed by atoms with van der Waals surface area (Å²) in [7, 11) is 0. The number of allylic oxidation sites excluding steroid dienone is 32. The van der Waals surface area contributed by atoms with Crippen molar-refractivity contribution >= 4 is 17.9 Å². The van der Waals surface area contributed by atoms with E-state index in [4.69, 9.17) is 14.2 Å². The quantitative estimate of drug-likeness (QED) is 0.0261. The van der Waals surface area contributed by atoms with Crippen LogP contribution in [0.1, 0.15) is 239 Å². The lowest BCUT2D eigenvalue weighted by Crippen LogP contribution is -2.30. The summed E-state index contributed by atoms with van der Waals surface area (Å²) in [5.74, 6) is -1.02. The van der Waals surface area contributed by atoms with Gasteiger partial charge in [0.15, 0.2) is 6.10 Å². The standard InChI is InChI=1S/C75H114O6/c1-4-7-10-13-16-19-22-24-26-28-30-31-32-33-34-35-36-37-38-39-40-41-42-43-45-46-48-50-53-56-59-62-65-68-74(77)80-71-72(70-79-73(76)67-64-61-58-55-52-21-18-15-12-9-6-3)81-75(78)69-66-63-60-57-54-51-49-47-44-29-27-25-23-20-17-14-11-8-5-2/h7-8,10-11,15-20,24-27,30-31,33-34,36-37,39-40,42-44,46-48,51,53-54,56,72H,4-6,9,12-14,21-23,28-29,32,35,38,41,45,49-50,52,55,57-71H2,1-3H3/b10-7-,11-8-,18-15-,19-16-,20-17-,26-24-,27-25-,31-30-,34-33-,37-36-,40-39-,43-42-,47-44-,48-46-,54-51-,56-53-. The van der Waals surface area contributed by atoms with Crippen molar-refractivity contribution in [2.75, 3.05) is 13.2 Å². The highest BCUT2D eigenvalue weighted by molar-refractivity contribution is 5.71. The van der Waals surface area contributed by atoms with Gasteiger partial charge in [0.1, 0.15) is 13.2 Å². The smallest absolute Gasteiger partial charge is 0.306 e. The van der Waals surface area contributed by atoms with Crippen molar-refractivity contribution < 1.29 is 28.6 Å². The molecule has 81 heavy (non-hydrogen) atoms. The molecule has 0 amide bonds. The Balaban J connectivity index is 4.44. The Bertz CT molecular complexity index is 1950. The van der Waals surface area contributed by atoms with E-state index in [1.165, 1.54) is 25.7 Å². The number of hydrogen-bond acceptors (Lipinski definition) is 6. The van der Waals surface area contributed by atoms with Crippen LogP contribution in [0.25, 0.3) is 0 Å². The van der Waals surface area contributed by atoms with E-state index in [2.05, 4.69) is 215 Å². The molecule has 6 heteroatoms. The molecule has 0 spiro atoms. The van der Waals surface area contributed by atoms with E-state index in [9.17, 15) is 14.4 Å². The third kappa shape index (κ3) is 64.9. The molecule has 0 aromatic heterocycles. The third-order valence-electron chi connectivity index (χ3n) is 12.6. The lowest BCUT2D eigenvalue weighted by Gasteiger charge is -2.18. The lowest BCUT2D eigenvalue weighted by atomic mass is 10.1. The van der Waals surface area contributed by atoms with Crippen LogP contribution < -0.4 is 0 Å². The fraction of sp³-hybridized carbons (Fsp3) is 0.533. The Kier molecular flexibility index (Phi) is 62.0. The lowest BCUT2D eigenvalue weighted by molar-refractivity contribution is -0.167. The Morgan fingerprint density at radius 3 is 0.802 bits per heavy atom. The molecular formula is C75H114O6. The van der Waals surface area contributed by atoms with Crippen molar-refractivity contribution in [3.8, 4) is 0 Å². The zero-order valence-electron chi connectivity index (χ0n) is 51.5. The molecule has 6 nitrogen and oxygen atoms in total. The van der Waals surface area contributed by atoms with Gasteiger partial charge in [-0.3, -0.25) is 14.4 Å². The van der Waals surface area contributed by atoms with Crippen LogP contribution in [0.3, 0.4) is 0 Å². The highest BCUT2D eigenvalue weighted by Gasteiger charge is 2.19. The second-order valence-corrected chi connectivity index (χ2v) is 20.2.